The van der Waals surface area contributed by atoms with Gasteiger partial charge in [0.15, 0.2) is 0 Å². The molecule has 0 amide bonds. The molecule has 1 aromatic rings. The second kappa shape index (κ2) is 7.27. The zero-order valence-corrected chi connectivity index (χ0v) is 10.2. The molecule has 0 aliphatic carbocycles. The number of allylic oxidation sites excluding steroid dienone is 1. The minimum atomic E-state index is -1.00. The molecular formula is C14H16O4. The van der Waals surface area contributed by atoms with Crippen molar-refractivity contribution >= 4 is 18.0 Å². The van der Waals surface area contributed by atoms with Crippen molar-refractivity contribution in [3.63, 3.8) is 0 Å². The first-order chi connectivity index (χ1) is 8.63. The molecule has 0 radical (unpaired) electrons. The zero-order chi connectivity index (χ0) is 13.4. The Labute approximate surface area is 106 Å². The van der Waals surface area contributed by atoms with Gasteiger partial charge in [-0.15, -0.1) is 0 Å². The van der Waals surface area contributed by atoms with Crippen LogP contribution in [0.5, 0.6) is 0 Å². The van der Waals surface area contributed by atoms with Gasteiger partial charge in [-0.05, 0) is 12.0 Å². The Morgan fingerprint density at radius 1 is 1.33 bits per heavy atom. The molecule has 4 heteroatoms. The zero-order valence-electron chi connectivity index (χ0n) is 10.2. The lowest BCUT2D eigenvalue weighted by molar-refractivity contribution is -0.150. The summed E-state index contributed by atoms with van der Waals surface area (Å²) in [4.78, 5) is 22.0. The molecule has 0 saturated heterocycles. The minimum absolute atomic E-state index is 0.216. The summed E-state index contributed by atoms with van der Waals surface area (Å²) in [6, 6.07) is 9.60. The van der Waals surface area contributed by atoms with Crippen molar-refractivity contribution < 1.29 is 19.4 Å². The Morgan fingerprint density at radius 2 is 2.00 bits per heavy atom. The van der Waals surface area contributed by atoms with Gasteiger partial charge in [0, 0.05) is 0 Å². The third kappa shape index (κ3) is 4.82. The average molecular weight is 248 g/mol. The number of benzene rings is 1. The Hall–Kier alpha value is -2.10. The van der Waals surface area contributed by atoms with Crippen LogP contribution >= 0.6 is 0 Å². The summed E-state index contributed by atoms with van der Waals surface area (Å²) in [5.74, 6) is -2.12. The van der Waals surface area contributed by atoms with Crippen LogP contribution in [0.25, 0.3) is 6.08 Å². The van der Waals surface area contributed by atoms with Gasteiger partial charge in [0.05, 0.1) is 19.4 Å². The quantitative estimate of drug-likeness (QED) is 0.785. The number of carboxylic acids is 1. The molecule has 0 unspecified atom stereocenters. The SMILES string of the molecule is COC(=O)[C@@H](CC=Cc1ccccc1)CC(=O)O. The number of carbonyl (C=O) groups excluding carboxylic acids is 1. The number of ether oxygens (including phenoxy) is 1. The second-order valence-corrected chi connectivity index (χ2v) is 3.87. The van der Waals surface area contributed by atoms with Crippen LogP contribution in [0.4, 0.5) is 0 Å². The third-order valence-corrected chi connectivity index (χ3v) is 2.49. The smallest absolute Gasteiger partial charge is 0.309 e. The number of hydrogen-bond donors (Lipinski definition) is 1. The van der Waals surface area contributed by atoms with Gasteiger partial charge in [-0.3, -0.25) is 9.59 Å². The number of carbonyl (C=O) groups is 2. The molecule has 1 N–H and O–H groups in total. The van der Waals surface area contributed by atoms with Crippen LogP contribution in [0.3, 0.4) is 0 Å². The molecule has 0 fully saturated rings. The molecule has 0 spiro atoms. The fourth-order valence-electron chi connectivity index (χ4n) is 1.57. The van der Waals surface area contributed by atoms with Crippen LogP contribution in [0, 0.1) is 5.92 Å². The highest BCUT2D eigenvalue weighted by Crippen LogP contribution is 2.13. The fourth-order valence-corrected chi connectivity index (χ4v) is 1.57. The van der Waals surface area contributed by atoms with Crippen LogP contribution in [0.1, 0.15) is 18.4 Å². The molecule has 1 atom stereocenters. The summed E-state index contributed by atoms with van der Waals surface area (Å²) in [5.41, 5.74) is 1.01. The van der Waals surface area contributed by atoms with E-state index in [1.54, 1.807) is 6.08 Å². The van der Waals surface area contributed by atoms with E-state index in [0.29, 0.717) is 6.42 Å². The van der Waals surface area contributed by atoms with Gasteiger partial charge in [-0.2, -0.15) is 0 Å². The van der Waals surface area contributed by atoms with Gasteiger partial charge < -0.3 is 9.84 Å². The predicted molar refractivity (Wildman–Crippen MR) is 67.9 cm³/mol. The van der Waals surface area contributed by atoms with Crippen molar-refractivity contribution in [3.8, 4) is 0 Å². The Kier molecular flexibility index (Phi) is 5.64. The topological polar surface area (TPSA) is 63.6 Å². The van der Waals surface area contributed by atoms with Gasteiger partial charge in [-0.25, -0.2) is 0 Å². The Morgan fingerprint density at radius 3 is 2.56 bits per heavy atom. The maximum absolute atomic E-state index is 11.4. The Balaban J connectivity index is 2.59. The molecule has 0 aliphatic rings. The summed E-state index contributed by atoms with van der Waals surface area (Å²) in [5, 5.41) is 8.71. The van der Waals surface area contributed by atoms with Gasteiger partial charge >= 0.3 is 11.9 Å². The maximum Gasteiger partial charge on any atom is 0.309 e. The number of carboxylic acid groups (broad SMARTS) is 1. The fraction of sp³-hybridized carbons (Fsp3) is 0.286. The van der Waals surface area contributed by atoms with Crippen LogP contribution in [-0.2, 0) is 14.3 Å². The van der Waals surface area contributed by atoms with Crippen molar-refractivity contribution in [3.05, 3.63) is 42.0 Å². The van der Waals surface area contributed by atoms with Gasteiger partial charge in [0.1, 0.15) is 0 Å². The van der Waals surface area contributed by atoms with E-state index >= 15 is 0 Å². The molecule has 0 aromatic heterocycles. The maximum atomic E-state index is 11.4. The summed E-state index contributed by atoms with van der Waals surface area (Å²) < 4.78 is 4.58. The number of hydrogen-bond acceptors (Lipinski definition) is 3. The van der Waals surface area contributed by atoms with Crippen LogP contribution < -0.4 is 0 Å². The van der Waals surface area contributed by atoms with Crippen molar-refractivity contribution in [2.75, 3.05) is 7.11 Å². The van der Waals surface area contributed by atoms with Crippen molar-refractivity contribution in [1.82, 2.24) is 0 Å². The highest BCUT2D eigenvalue weighted by atomic mass is 16.5. The standard InChI is InChI=1S/C14H16O4/c1-18-14(17)12(10-13(15)16)9-5-8-11-6-3-2-4-7-11/h2-8,12H,9-10H2,1H3,(H,15,16)/t12-/m0/s1. The Bertz CT molecular complexity index is 423. The summed E-state index contributed by atoms with van der Waals surface area (Å²) in [6.07, 6.45) is 3.79. The molecule has 0 bridgehead atoms. The molecule has 1 aromatic carbocycles. The van der Waals surface area contributed by atoms with Crippen LogP contribution in [0.2, 0.25) is 0 Å². The summed E-state index contributed by atoms with van der Waals surface area (Å²) >= 11 is 0. The van der Waals surface area contributed by atoms with E-state index in [1.165, 1.54) is 7.11 Å². The molecule has 1 rings (SSSR count). The lowest BCUT2D eigenvalue weighted by atomic mass is 10.0. The highest BCUT2D eigenvalue weighted by Gasteiger charge is 2.20. The lowest BCUT2D eigenvalue weighted by Crippen LogP contribution is -2.19. The van der Waals surface area contributed by atoms with E-state index in [2.05, 4.69) is 4.74 Å². The molecular weight excluding hydrogens is 232 g/mol. The normalized spacial score (nSPS) is 12.3. The molecule has 0 heterocycles. The number of esters is 1. The van der Waals surface area contributed by atoms with Crippen LogP contribution in [0.15, 0.2) is 36.4 Å². The largest absolute Gasteiger partial charge is 0.481 e. The number of rotatable bonds is 6. The number of methoxy groups -OCH3 is 1. The molecule has 96 valence electrons. The molecule has 18 heavy (non-hydrogen) atoms. The first-order valence-electron chi connectivity index (χ1n) is 5.64. The molecule has 0 aliphatic heterocycles. The first-order valence-corrected chi connectivity index (χ1v) is 5.64. The van der Waals surface area contributed by atoms with Gasteiger partial charge in [0.25, 0.3) is 0 Å². The lowest BCUT2D eigenvalue weighted by Gasteiger charge is -2.09. The third-order valence-electron chi connectivity index (χ3n) is 2.49. The van der Waals surface area contributed by atoms with Crippen molar-refractivity contribution in [2.45, 2.75) is 12.8 Å². The van der Waals surface area contributed by atoms with Crippen LogP contribution in [-0.4, -0.2) is 24.2 Å². The number of aliphatic carboxylic acids is 1. The summed E-state index contributed by atoms with van der Waals surface area (Å²) in [7, 11) is 1.26. The van der Waals surface area contributed by atoms with Crippen molar-refractivity contribution in [2.24, 2.45) is 5.92 Å². The van der Waals surface area contributed by atoms with E-state index < -0.39 is 17.9 Å². The molecule has 4 nitrogen and oxygen atoms in total. The predicted octanol–water partition coefficient (Wildman–Crippen LogP) is 2.35. The highest BCUT2D eigenvalue weighted by molar-refractivity contribution is 5.79. The summed E-state index contributed by atoms with van der Waals surface area (Å²) in [6.45, 7) is 0. The van der Waals surface area contributed by atoms with Gasteiger partial charge in [-0.1, -0.05) is 42.5 Å². The van der Waals surface area contributed by atoms with E-state index in [9.17, 15) is 9.59 Å². The van der Waals surface area contributed by atoms with E-state index in [4.69, 9.17) is 5.11 Å². The van der Waals surface area contributed by atoms with Crippen molar-refractivity contribution in [1.29, 1.82) is 0 Å². The average Bonchev–Trinajstić information content (AvgIpc) is 2.37. The van der Waals surface area contributed by atoms with Gasteiger partial charge in [0.2, 0.25) is 0 Å². The molecule has 0 saturated carbocycles. The van der Waals surface area contributed by atoms with E-state index in [-0.39, 0.29) is 6.42 Å². The van der Waals surface area contributed by atoms with E-state index in [1.807, 2.05) is 36.4 Å². The monoisotopic (exact) mass is 248 g/mol. The second-order valence-electron chi connectivity index (χ2n) is 3.87. The van der Waals surface area contributed by atoms with E-state index in [0.717, 1.165) is 5.56 Å². The first kappa shape index (κ1) is 14.0. The minimum Gasteiger partial charge on any atom is -0.481 e.